The Kier molecular flexibility index (Phi) is 5.55. The molecule has 4 rings (SSSR count). The molecular formula is C17H21N5O3S2. The molecule has 8 nitrogen and oxygen atoms in total. The highest BCUT2D eigenvalue weighted by molar-refractivity contribution is 8.00. The van der Waals surface area contributed by atoms with Gasteiger partial charge in [0.25, 0.3) is 0 Å². The fraction of sp³-hybridized carbons (Fsp3) is 0.588. The molecule has 1 saturated heterocycles. The lowest BCUT2D eigenvalue weighted by atomic mass is 10.2. The van der Waals surface area contributed by atoms with E-state index in [0.29, 0.717) is 16.7 Å². The molecule has 2 aromatic heterocycles. The standard InChI is InChI=1S/C17H21N5O3S2/c1-10-20-21-16(27-10)18-14(23)9-26-15-12-5-2-6-13(12)22(17(24)19-15)8-11-4-3-7-25-11/h11H,2-9H2,1H3,(H,18,21,23). The molecule has 1 atom stereocenters. The van der Waals surface area contributed by atoms with Crippen molar-refractivity contribution in [1.82, 2.24) is 19.7 Å². The highest BCUT2D eigenvalue weighted by atomic mass is 32.2. The van der Waals surface area contributed by atoms with Crippen LogP contribution in [0, 0.1) is 6.92 Å². The summed E-state index contributed by atoms with van der Waals surface area (Å²) in [5.41, 5.74) is 1.93. The Bertz CT molecular complexity index is 904. The molecule has 0 saturated carbocycles. The van der Waals surface area contributed by atoms with Gasteiger partial charge in [-0.15, -0.1) is 10.2 Å². The molecule has 10 heteroatoms. The number of nitrogens with zero attached hydrogens (tertiary/aromatic N) is 4. The molecule has 3 heterocycles. The molecule has 1 amide bonds. The van der Waals surface area contributed by atoms with Gasteiger partial charge in [0.05, 0.1) is 18.4 Å². The van der Waals surface area contributed by atoms with E-state index in [2.05, 4.69) is 20.5 Å². The number of hydrogen-bond donors (Lipinski definition) is 1. The van der Waals surface area contributed by atoms with Gasteiger partial charge in [-0.1, -0.05) is 23.1 Å². The van der Waals surface area contributed by atoms with Crippen LogP contribution in [0.4, 0.5) is 5.13 Å². The molecule has 2 aliphatic rings. The third-order valence-corrected chi connectivity index (χ3v) is 6.50. The number of anilines is 1. The molecule has 1 N–H and O–H groups in total. The maximum atomic E-state index is 12.6. The molecule has 27 heavy (non-hydrogen) atoms. The summed E-state index contributed by atoms with van der Waals surface area (Å²) in [7, 11) is 0. The highest BCUT2D eigenvalue weighted by Crippen LogP contribution is 2.30. The SMILES string of the molecule is Cc1nnc(NC(=O)CSc2nc(=O)n(CC3CCCO3)c3c2CCC3)s1. The smallest absolute Gasteiger partial charge is 0.348 e. The van der Waals surface area contributed by atoms with E-state index in [0.717, 1.165) is 55.0 Å². The van der Waals surface area contributed by atoms with E-state index in [1.54, 1.807) is 4.57 Å². The summed E-state index contributed by atoms with van der Waals surface area (Å²) in [6.07, 6.45) is 4.93. The monoisotopic (exact) mass is 407 g/mol. The van der Waals surface area contributed by atoms with Gasteiger partial charge in [-0.3, -0.25) is 14.7 Å². The number of rotatable bonds is 6. The number of carbonyl (C=O) groups excluding carboxylic acids is 1. The lowest BCUT2D eigenvalue weighted by Gasteiger charge is -2.17. The zero-order valence-corrected chi connectivity index (χ0v) is 16.7. The van der Waals surface area contributed by atoms with Crippen LogP contribution in [0.25, 0.3) is 0 Å². The predicted octanol–water partition coefficient (Wildman–Crippen LogP) is 1.80. The number of nitrogens with one attached hydrogen (secondary N) is 1. The van der Waals surface area contributed by atoms with Crippen LogP contribution in [0.3, 0.4) is 0 Å². The number of hydrogen-bond acceptors (Lipinski definition) is 8. The van der Waals surface area contributed by atoms with Crippen molar-refractivity contribution < 1.29 is 9.53 Å². The van der Waals surface area contributed by atoms with Crippen LogP contribution in [0.15, 0.2) is 9.82 Å². The number of fused-ring (bicyclic) bond motifs is 1. The number of aryl methyl sites for hydroxylation is 1. The van der Waals surface area contributed by atoms with Gasteiger partial charge in [-0.05, 0) is 39.0 Å². The van der Waals surface area contributed by atoms with E-state index >= 15 is 0 Å². The molecule has 144 valence electrons. The average molecular weight is 408 g/mol. The van der Waals surface area contributed by atoms with E-state index in [9.17, 15) is 9.59 Å². The minimum atomic E-state index is -0.242. The quantitative estimate of drug-likeness (QED) is 0.576. The van der Waals surface area contributed by atoms with Crippen LogP contribution >= 0.6 is 23.1 Å². The third kappa shape index (κ3) is 4.22. The van der Waals surface area contributed by atoms with Crippen molar-refractivity contribution in [2.24, 2.45) is 0 Å². The van der Waals surface area contributed by atoms with Crippen LogP contribution < -0.4 is 11.0 Å². The van der Waals surface area contributed by atoms with Gasteiger partial charge in [-0.25, -0.2) is 4.79 Å². The molecule has 1 unspecified atom stereocenters. The minimum absolute atomic E-state index is 0.105. The first-order valence-corrected chi connectivity index (χ1v) is 10.9. The lowest BCUT2D eigenvalue weighted by Crippen LogP contribution is -2.31. The van der Waals surface area contributed by atoms with Gasteiger partial charge in [-0.2, -0.15) is 4.98 Å². The number of ether oxygens (including phenoxy) is 1. The van der Waals surface area contributed by atoms with Gasteiger partial charge >= 0.3 is 5.69 Å². The van der Waals surface area contributed by atoms with Crippen molar-refractivity contribution in [1.29, 1.82) is 0 Å². The average Bonchev–Trinajstić information content (AvgIpc) is 3.38. The summed E-state index contributed by atoms with van der Waals surface area (Å²) >= 11 is 2.65. The second-order valence-electron chi connectivity index (χ2n) is 6.69. The molecule has 1 fully saturated rings. The van der Waals surface area contributed by atoms with Crippen molar-refractivity contribution in [3.8, 4) is 0 Å². The van der Waals surface area contributed by atoms with E-state index in [4.69, 9.17) is 4.74 Å². The lowest BCUT2D eigenvalue weighted by molar-refractivity contribution is -0.113. The first-order valence-electron chi connectivity index (χ1n) is 9.07. The maximum absolute atomic E-state index is 12.6. The fourth-order valence-corrected chi connectivity index (χ4v) is 5.01. The zero-order chi connectivity index (χ0) is 18.8. The zero-order valence-electron chi connectivity index (χ0n) is 15.1. The summed E-state index contributed by atoms with van der Waals surface area (Å²) < 4.78 is 7.47. The van der Waals surface area contributed by atoms with E-state index < -0.39 is 0 Å². The van der Waals surface area contributed by atoms with Crippen LogP contribution in [-0.4, -0.2) is 44.1 Å². The van der Waals surface area contributed by atoms with Crippen LogP contribution in [0.2, 0.25) is 0 Å². The predicted molar refractivity (Wildman–Crippen MR) is 103 cm³/mol. The van der Waals surface area contributed by atoms with Gasteiger partial charge < -0.3 is 4.74 Å². The van der Waals surface area contributed by atoms with Crippen molar-refractivity contribution in [3.63, 3.8) is 0 Å². The molecule has 1 aliphatic carbocycles. The second kappa shape index (κ2) is 8.07. The van der Waals surface area contributed by atoms with Gasteiger partial charge in [0.2, 0.25) is 11.0 Å². The molecule has 2 aromatic rings. The Hall–Kier alpha value is -1.78. The Balaban J connectivity index is 1.46. The van der Waals surface area contributed by atoms with Crippen molar-refractivity contribution >= 4 is 34.1 Å². The Labute approximate surface area is 164 Å². The topological polar surface area (TPSA) is 99.0 Å². The summed E-state index contributed by atoms with van der Waals surface area (Å²) in [4.78, 5) is 29.0. The second-order valence-corrected chi connectivity index (χ2v) is 8.83. The van der Waals surface area contributed by atoms with E-state index in [1.165, 1.54) is 23.1 Å². The molecule has 0 radical (unpaired) electrons. The number of thioether (sulfide) groups is 1. The largest absolute Gasteiger partial charge is 0.376 e. The summed E-state index contributed by atoms with van der Waals surface area (Å²) in [5.74, 6) is 0.0148. The summed E-state index contributed by atoms with van der Waals surface area (Å²) in [6, 6.07) is 0. The van der Waals surface area contributed by atoms with Crippen molar-refractivity contribution in [2.45, 2.75) is 56.7 Å². The van der Waals surface area contributed by atoms with Gasteiger partial charge in [0, 0.05) is 17.9 Å². The van der Waals surface area contributed by atoms with Crippen molar-refractivity contribution in [2.75, 3.05) is 17.7 Å². The molecule has 1 aliphatic heterocycles. The third-order valence-electron chi connectivity index (χ3n) is 4.72. The molecule has 0 bridgehead atoms. The van der Waals surface area contributed by atoms with Crippen LogP contribution in [0.1, 0.15) is 35.5 Å². The minimum Gasteiger partial charge on any atom is -0.376 e. The first-order chi connectivity index (χ1) is 13.1. The molecule has 0 spiro atoms. The number of aromatic nitrogens is 4. The van der Waals surface area contributed by atoms with Crippen molar-refractivity contribution in [3.05, 3.63) is 26.7 Å². The summed E-state index contributed by atoms with van der Waals surface area (Å²) in [5, 5.41) is 12.5. The molecule has 0 aromatic carbocycles. The Morgan fingerprint density at radius 2 is 2.26 bits per heavy atom. The van der Waals surface area contributed by atoms with Gasteiger partial charge in [0.15, 0.2) is 0 Å². The van der Waals surface area contributed by atoms with Gasteiger partial charge in [0.1, 0.15) is 10.0 Å². The van der Waals surface area contributed by atoms with E-state index in [-0.39, 0.29) is 23.5 Å². The van der Waals surface area contributed by atoms with E-state index in [1.807, 2.05) is 6.92 Å². The Morgan fingerprint density at radius 1 is 1.37 bits per heavy atom. The fourth-order valence-electron chi connectivity index (χ4n) is 3.52. The molecular weight excluding hydrogens is 386 g/mol. The highest BCUT2D eigenvalue weighted by Gasteiger charge is 2.25. The van der Waals surface area contributed by atoms with Crippen LogP contribution in [0.5, 0.6) is 0 Å². The van der Waals surface area contributed by atoms with Crippen LogP contribution in [-0.2, 0) is 28.9 Å². The Morgan fingerprint density at radius 3 is 3.00 bits per heavy atom. The normalized spacial score (nSPS) is 18.6. The number of amides is 1. The maximum Gasteiger partial charge on any atom is 0.348 e. The summed E-state index contributed by atoms with van der Waals surface area (Å²) in [6.45, 7) is 3.18. The first kappa shape index (κ1) is 18.6. The number of carbonyl (C=O) groups is 1.